The molecule has 0 aliphatic heterocycles. The highest BCUT2D eigenvalue weighted by atomic mass is 19.4. The third kappa shape index (κ3) is 5.95. The van der Waals surface area contributed by atoms with Gasteiger partial charge in [0.1, 0.15) is 5.54 Å². The van der Waals surface area contributed by atoms with Crippen LogP contribution < -0.4 is 11.1 Å². The summed E-state index contributed by atoms with van der Waals surface area (Å²) in [7, 11) is 0. The number of hydrogen-bond acceptors (Lipinski definition) is 4. The average molecular weight is 361 g/mol. The molecule has 0 aliphatic carbocycles. The Labute approximate surface area is 148 Å². The molecule has 0 heterocycles. The van der Waals surface area contributed by atoms with Gasteiger partial charge < -0.3 is 15.7 Å². The van der Waals surface area contributed by atoms with Gasteiger partial charge in [-0.05, 0) is 37.6 Å². The molecule has 25 heavy (non-hydrogen) atoms. The van der Waals surface area contributed by atoms with Gasteiger partial charge in [0.15, 0.2) is 0 Å². The molecule has 1 aromatic carbocycles. The molecule has 144 valence electrons. The van der Waals surface area contributed by atoms with Crippen LogP contribution in [0.15, 0.2) is 24.3 Å². The third-order valence-corrected chi connectivity index (χ3v) is 4.67. The molecular formula is C18H30F3N3O. The first kappa shape index (κ1) is 21.9. The highest BCUT2D eigenvalue weighted by Gasteiger charge is 2.51. The van der Waals surface area contributed by atoms with Crippen LogP contribution in [-0.4, -0.2) is 54.5 Å². The summed E-state index contributed by atoms with van der Waals surface area (Å²) in [6.07, 6.45) is -3.70. The minimum absolute atomic E-state index is 0.439. The molecule has 4 nitrogen and oxygen atoms in total. The van der Waals surface area contributed by atoms with Gasteiger partial charge in [0, 0.05) is 13.1 Å². The van der Waals surface area contributed by atoms with E-state index in [-0.39, 0.29) is 0 Å². The van der Waals surface area contributed by atoms with Gasteiger partial charge in [0.25, 0.3) is 0 Å². The molecule has 0 saturated carbocycles. The summed E-state index contributed by atoms with van der Waals surface area (Å²) < 4.78 is 39.8. The number of aliphatic hydroxyl groups is 1. The van der Waals surface area contributed by atoms with Crippen molar-refractivity contribution in [2.24, 2.45) is 5.73 Å². The zero-order valence-corrected chi connectivity index (χ0v) is 15.2. The lowest BCUT2D eigenvalue weighted by Gasteiger charge is -2.35. The lowest BCUT2D eigenvalue weighted by Crippen LogP contribution is -2.60. The summed E-state index contributed by atoms with van der Waals surface area (Å²) in [6.45, 7) is 6.96. The summed E-state index contributed by atoms with van der Waals surface area (Å²) in [6, 6.07) is 6.51. The number of alkyl halides is 3. The van der Waals surface area contributed by atoms with Crippen LogP contribution >= 0.6 is 0 Å². The fourth-order valence-electron chi connectivity index (χ4n) is 2.67. The predicted molar refractivity (Wildman–Crippen MR) is 94.4 cm³/mol. The molecule has 4 N–H and O–H groups in total. The molecule has 0 amide bonds. The van der Waals surface area contributed by atoms with Crippen molar-refractivity contribution >= 4 is 0 Å². The van der Waals surface area contributed by atoms with Gasteiger partial charge in [-0.2, -0.15) is 13.2 Å². The van der Waals surface area contributed by atoms with Gasteiger partial charge in [-0.3, -0.25) is 5.32 Å². The van der Waals surface area contributed by atoms with Gasteiger partial charge in [0.05, 0.1) is 12.6 Å². The summed E-state index contributed by atoms with van der Waals surface area (Å²) in [5, 5.41) is 12.1. The van der Waals surface area contributed by atoms with E-state index in [1.54, 1.807) is 6.07 Å². The van der Waals surface area contributed by atoms with Gasteiger partial charge in [0.2, 0.25) is 0 Å². The van der Waals surface area contributed by atoms with Crippen LogP contribution in [-0.2, 0) is 6.42 Å². The van der Waals surface area contributed by atoms with E-state index in [1.165, 1.54) is 0 Å². The smallest absolute Gasteiger partial charge is 0.394 e. The second kappa shape index (κ2) is 9.52. The van der Waals surface area contributed by atoms with Crippen LogP contribution in [0.25, 0.3) is 0 Å². The van der Waals surface area contributed by atoms with E-state index in [1.807, 2.05) is 18.2 Å². The molecule has 0 fully saturated rings. The fourth-order valence-corrected chi connectivity index (χ4v) is 2.67. The minimum atomic E-state index is -4.50. The molecule has 0 aromatic heterocycles. The molecule has 0 spiro atoms. The Hall–Kier alpha value is -1.15. The minimum Gasteiger partial charge on any atom is -0.394 e. The maximum Gasteiger partial charge on any atom is 0.407 e. The Bertz CT molecular complexity index is 521. The number of rotatable bonds is 10. The van der Waals surface area contributed by atoms with Gasteiger partial charge in [-0.25, -0.2) is 0 Å². The van der Waals surface area contributed by atoms with E-state index >= 15 is 0 Å². The lowest BCUT2D eigenvalue weighted by atomic mass is 9.96. The molecule has 7 heteroatoms. The number of hydrogen-bond donors (Lipinski definition) is 3. The zero-order valence-electron chi connectivity index (χ0n) is 15.2. The van der Waals surface area contributed by atoms with E-state index in [4.69, 9.17) is 5.73 Å². The molecule has 1 aromatic rings. The van der Waals surface area contributed by atoms with E-state index in [9.17, 15) is 18.3 Å². The Kier molecular flexibility index (Phi) is 8.34. The first-order valence-corrected chi connectivity index (χ1v) is 8.67. The molecule has 0 bridgehead atoms. The molecule has 2 atom stereocenters. The number of benzene rings is 1. The Balaban J connectivity index is 2.91. The second-order valence-corrected chi connectivity index (χ2v) is 6.44. The highest BCUT2D eigenvalue weighted by molar-refractivity contribution is 5.27. The number of nitrogens with one attached hydrogen (secondary N) is 1. The normalized spacial score (nSPS) is 16.0. The van der Waals surface area contributed by atoms with E-state index in [0.717, 1.165) is 38.5 Å². The second-order valence-electron chi connectivity index (χ2n) is 6.44. The number of aliphatic hydroxyl groups excluding tert-OH is 1. The number of nitrogens with two attached hydrogens (primary N) is 1. The van der Waals surface area contributed by atoms with Crippen molar-refractivity contribution in [2.45, 2.75) is 44.9 Å². The number of halogens is 3. The van der Waals surface area contributed by atoms with Crippen molar-refractivity contribution in [1.82, 2.24) is 10.2 Å². The van der Waals surface area contributed by atoms with Crippen molar-refractivity contribution in [1.29, 1.82) is 0 Å². The zero-order chi connectivity index (χ0) is 19.1. The van der Waals surface area contributed by atoms with Crippen molar-refractivity contribution in [3.05, 3.63) is 35.4 Å². The SMILES string of the molecule is CCN(CC)CCc1cccc(C(CO)NC(C)(CN)C(F)(F)F)c1. The van der Waals surface area contributed by atoms with E-state index < -0.39 is 30.9 Å². The van der Waals surface area contributed by atoms with Gasteiger partial charge in [-0.1, -0.05) is 38.1 Å². The quantitative estimate of drug-likeness (QED) is 0.599. The van der Waals surface area contributed by atoms with Crippen molar-refractivity contribution in [2.75, 3.05) is 32.8 Å². The fraction of sp³-hybridized carbons (Fsp3) is 0.667. The summed E-state index contributed by atoms with van der Waals surface area (Å²) in [5.41, 5.74) is 4.76. The Morgan fingerprint density at radius 1 is 1.24 bits per heavy atom. The van der Waals surface area contributed by atoms with E-state index in [2.05, 4.69) is 24.1 Å². The van der Waals surface area contributed by atoms with Crippen LogP contribution in [0.1, 0.15) is 37.9 Å². The lowest BCUT2D eigenvalue weighted by molar-refractivity contribution is -0.191. The van der Waals surface area contributed by atoms with Gasteiger partial charge >= 0.3 is 6.18 Å². The van der Waals surface area contributed by atoms with Crippen molar-refractivity contribution < 1.29 is 18.3 Å². The predicted octanol–water partition coefficient (Wildman–Crippen LogP) is 2.47. The summed E-state index contributed by atoms with van der Waals surface area (Å²) >= 11 is 0. The standard InChI is InChI=1S/C18H30F3N3O/c1-4-24(5-2)10-9-14-7-6-8-15(11-14)16(12-25)23-17(3,13-22)18(19,20)21/h6-8,11,16,23,25H,4-5,9-10,12-13,22H2,1-3H3. The number of likely N-dealkylation sites (N-methyl/N-ethyl adjacent to an activating group) is 1. The first-order chi connectivity index (χ1) is 11.7. The molecule has 2 unspecified atom stereocenters. The monoisotopic (exact) mass is 361 g/mol. The maximum absolute atomic E-state index is 13.3. The van der Waals surface area contributed by atoms with Crippen LogP contribution in [0, 0.1) is 0 Å². The summed E-state index contributed by atoms with van der Waals surface area (Å²) in [5.74, 6) is 0. The Morgan fingerprint density at radius 2 is 1.88 bits per heavy atom. The van der Waals surface area contributed by atoms with Crippen molar-refractivity contribution in [3.63, 3.8) is 0 Å². The van der Waals surface area contributed by atoms with Crippen LogP contribution in [0.3, 0.4) is 0 Å². The molecule has 0 saturated heterocycles. The largest absolute Gasteiger partial charge is 0.407 e. The molecule has 0 aliphatic rings. The average Bonchev–Trinajstić information content (AvgIpc) is 2.59. The highest BCUT2D eigenvalue weighted by Crippen LogP contribution is 2.31. The van der Waals surface area contributed by atoms with Crippen molar-refractivity contribution in [3.8, 4) is 0 Å². The van der Waals surface area contributed by atoms with E-state index in [0.29, 0.717) is 5.56 Å². The van der Waals surface area contributed by atoms with Crippen LogP contribution in [0.4, 0.5) is 13.2 Å². The molecular weight excluding hydrogens is 331 g/mol. The van der Waals surface area contributed by atoms with Crippen LogP contribution in [0.5, 0.6) is 0 Å². The third-order valence-electron chi connectivity index (χ3n) is 4.67. The molecule has 1 rings (SSSR count). The van der Waals surface area contributed by atoms with Gasteiger partial charge in [-0.15, -0.1) is 0 Å². The maximum atomic E-state index is 13.3. The summed E-state index contributed by atoms with van der Waals surface area (Å²) in [4.78, 5) is 2.28. The Morgan fingerprint density at radius 3 is 2.36 bits per heavy atom. The topological polar surface area (TPSA) is 61.5 Å². The molecule has 0 radical (unpaired) electrons. The van der Waals surface area contributed by atoms with Crippen LogP contribution in [0.2, 0.25) is 0 Å². The number of nitrogens with zero attached hydrogens (tertiary/aromatic N) is 1. The first-order valence-electron chi connectivity index (χ1n) is 8.67.